The number of aromatic nitrogens is 8. The zero-order valence-corrected chi connectivity index (χ0v) is 30.2. The molecule has 0 spiro atoms. The van der Waals surface area contributed by atoms with E-state index in [4.69, 9.17) is 10.1 Å². The van der Waals surface area contributed by atoms with Crippen LogP contribution in [0.3, 0.4) is 0 Å². The predicted octanol–water partition coefficient (Wildman–Crippen LogP) is 2.79. The number of fused-ring (bicyclic) bond motifs is 2. The summed E-state index contributed by atoms with van der Waals surface area (Å²) in [5.74, 6) is -3.48. The summed E-state index contributed by atoms with van der Waals surface area (Å²) < 4.78 is 56.4. The van der Waals surface area contributed by atoms with E-state index in [0.717, 1.165) is 29.6 Å². The topological polar surface area (TPSA) is 205 Å². The molecule has 0 aliphatic carbocycles. The van der Waals surface area contributed by atoms with Crippen molar-refractivity contribution in [2.24, 2.45) is 10.5 Å². The molecule has 0 bridgehead atoms. The molecule has 0 amide bonds. The molecule has 0 radical (unpaired) electrons. The van der Waals surface area contributed by atoms with Gasteiger partial charge in [0.25, 0.3) is 0 Å². The first-order valence-corrected chi connectivity index (χ1v) is 14.9. The Morgan fingerprint density at radius 2 is 1.23 bits per heavy atom. The van der Waals surface area contributed by atoms with E-state index in [1.54, 1.807) is 22.7 Å². The van der Waals surface area contributed by atoms with Crippen molar-refractivity contribution in [1.82, 2.24) is 39.6 Å². The van der Waals surface area contributed by atoms with Gasteiger partial charge in [-0.2, -0.15) is 19.2 Å². The maximum atomic E-state index is 13.8. The minimum atomic E-state index is -1.06. The zero-order chi connectivity index (χ0) is 37.4. The predicted molar refractivity (Wildman–Crippen MR) is 172 cm³/mol. The molecule has 6 aromatic rings. The van der Waals surface area contributed by atoms with Gasteiger partial charge in [-0.15, -0.1) is 25.7 Å². The monoisotopic (exact) mass is 730 g/mol. The van der Waals surface area contributed by atoms with Crippen molar-refractivity contribution in [3.8, 4) is 0 Å². The number of halogens is 4. The van der Waals surface area contributed by atoms with Gasteiger partial charge in [-0.3, -0.25) is 9.59 Å². The summed E-state index contributed by atoms with van der Waals surface area (Å²) in [6, 6.07) is 11.7. The fourth-order valence-electron chi connectivity index (χ4n) is 4.58. The zero-order valence-electron chi connectivity index (χ0n) is 28.2. The second kappa shape index (κ2) is 18.1. The van der Waals surface area contributed by atoms with Crippen LogP contribution >= 0.6 is 0 Å². The Balaban J connectivity index is 0.000000257. The molecule has 0 fully saturated rings. The van der Waals surface area contributed by atoms with E-state index >= 15 is 0 Å². The Morgan fingerprint density at radius 1 is 0.750 bits per heavy atom. The SMILES string of the molecule is CC(C)c1nnc2ccc(C(=NO)C(=O)c3ccc(F)cc3F)nn12.CC(C)c1nnc2ccc(CC(=O)c3ccc(F)cc3F)nn12.O=N[O-].[Na+]. The Hall–Kier alpha value is -5.53. The fourth-order valence-corrected chi connectivity index (χ4v) is 4.58. The number of Topliss-reactive ketones (excluding diaryl/α,β-unsaturated/α-hetero) is 2. The first kappa shape index (κ1) is 40.9. The van der Waals surface area contributed by atoms with Crippen LogP contribution in [0.1, 0.15) is 83.3 Å². The molecule has 52 heavy (non-hydrogen) atoms. The molecule has 2 aromatic carbocycles. The molecule has 0 unspecified atom stereocenters. The summed E-state index contributed by atoms with van der Waals surface area (Å²) in [5.41, 5.74) is 0.447. The number of ketones is 2. The first-order chi connectivity index (χ1) is 24.3. The van der Waals surface area contributed by atoms with Gasteiger partial charge in [0.2, 0.25) is 5.78 Å². The van der Waals surface area contributed by atoms with Crippen LogP contribution in [0.2, 0.25) is 0 Å². The van der Waals surface area contributed by atoms with Gasteiger partial charge in [0.05, 0.1) is 23.2 Å². The van der Waals surface area contributed by atoms with Crippen LogP contribution in [-0.2, 0) is 6.42 Å². The average Bonchev–Trinajstić information content (AvgIpc) is 3.70. The van der Waals surface area contributed by atoms with Gasteiger partial charge < -0.3 is 15.3 Å². The van der Waals surface area contributed by atoms with Crippen LogP contribution in [0.5, 0.6) is 0 Å². The second-order valence-electron chi connectivity index (χ2n) is 11.2. The normalized spacial score (nSPS) is 11.1. The molecule has 0 saturated heterocycles. The molecular weight excluding hydrogens is 703 g/mol. The van der Waals surface area contributed by atoms with Crippen molar-refractivity contribution in [1.29, 1.82) is 0 Å². The van der Waals surface area contributed by atoms with Gasteiger partial charge in [0.15, 0.2) is 34.4 Å². The van der Waals surface area contributed by atoms with Crippen LogP contribution in [0.4, 0.5) is 17.6 Å². The second-order valence-corrected chi connectivity index (χ2v) is 11.2. The number of carbonyl (C=O) groups is 2. The van der Waals surface area contributed by atoms with E-state index in [-0.39, 0.29) is 59.1 Å². The van der Waals surface area contributed by atoms with Crippen LogP contribution in [-0.4, -0.2) is 62.1 Å². The standard InChI is InChI=1S/C16H13F2N5O2.C16H14F2N4O.HNO2.Na/c1-8(2)16-20-19-13-6-5-12(21-23(13)16)14(22-25)15(24)10-4-3-9(17)7-11(10)18;1-9(2)16-20-19-15-6-4-11(21-22(15)16)8-14(23)12-5-3-10(17)7-13(12)18;2-1-3;/h3-8,25H,1-2H3;3-7,9H,8H2,1-2H3;(H,2,3);/q;;;+1/p-1. The molecule has 264 valence electrons. The summed E-state index contributed by atoms with van der Waals surface area (Å²) in [7, 11) is 0. The summed E-state index contributed by atoms with van der Waals surface area (Å²) in [4.78, 5) is 32.7. The number of hydrogen-bond acceptors (Lipinski definition) is 13. The third-order valence-electron chi connectivity index (χ3n) is 6.97. The molecule has 20 heteroatoms. The van der Waals surface area contributed by atoms with Crippen molar-refractivity contribution in [3.63, 3.8) is 0 Å². The molecule has 1 N–H and O–H groups in total. The number of oxime groups is 1. The smallest absolute Gasteiger partial charge is 0.444 e. The third kappa shape index (κ3) is 9.42. The first-order valence-electron chi connectivity index (χ1n) is 14.9. The van der Waals surface area contributed by atoms with Gasteiger partial charge in [-0.25, -0.2) is 17.6 Å². The summed E-state index contributed by atoms with van der Waals surface area (Å²) in [5, 5.41) is 45.8. The maximum absolute atomic E-state index is 13.8. The van der Waals surface area contributed by atoms with Crippen molar-refractivity contribution in [3.05, 3.63) is 128 Å². The minimum absolute atomic E-state index is 0. The van der Waals surface area contributed by atoms with E-state index in [1.165, 1.54) is 10.6 Å². The van der Waals surface area contributed by atoms with Gasteiger partial charge in [0.1, 0.15) is 29.0 Å². The molecule has 6 rings (SSSR count). The summed E-state index contributed by atoms with van der Waals surface area (Å²) in [6.45, 7) is 7.71. The number of benzene rings is 2. The van der Waals surface area contributed by atoms with Gasteiger partial charge in [-0.1, -0.05) is 32.9 Å². The van der Waals surface area contributed by atoms with Crippen LogP contribution < -0.4 is 29.6 Å². The van der Waals surface area contributed by atoms with Gasteiger partial charge in [0, 0.05) is 24.0 Å². The van der Waals surface area contributed by atoms with E-state index in [2.05, 4.69) is 35.7 Å². The fraction of sp³-hybridized carbons (Fsp3) is 0.219. The van der Waals surface area contributed by atoms with Gasteiger partial charge >= 0.3 is 29.6 Å². The summed E-state index contributed by atoms with van der Waals surface area (Å²) >= 11 is 0. The molecule has 0 atom stereocenters. The van der Waals surface area contributed by atoms with Gasteiger partial charge in [-0.05, 0) is 48.5 Å². The van der Waals surface area contributed by atoms with E-state index in [0.29, 0.717) is 40.8 Å². The van der Waals surface area contributed by atoms with Crippen molar-refractivity contribution < 1.29 is 61.9 Å². The van der Waals surface area contributed by atoms with E-state index in [9.17, 15) is 32.4 Å². The molecular formula is C32H27F4N10NaO5. The van der Waals surface area contributed by atoms with Crippen LogP contribution in [0.25, 0.3) is 11.3 Å². The molecule has 0 aliphatic rings. The molecule has 15 nitrogen and oxygen atoms in total. The van der Waals surface area contributed by atoms with Crippen molar-refractivity contribution >= 4 is 28.6 Å². The number of nitrogens with zero attached hydrogens (tertiary/aromatic N) is 10. The molecule has 4 aromatic heterocycles. The van der Waals surface area contributed by atoms with Crippen molar-refractivity contribution in [2.45, 2.75) is 46.0 Å². The Bertz CT molecular complexity index is 2260. The molecule has 0 saturated carbocycles. The quantitative estimate of drug-likeness (QED) is 0.0459. The number of hydrogen-bond donors (Lipinski definition) is 1. The third-order valence-corrected chi connectivity index (χ3v) is 6.97. The van der Waals surface area contributed by atoms with Crippen molar-refractivity contribution in [2.75, 3.05) is 0 Å². The molecule has 0 aliphatic heterocycles. The maximum Gasteiger partial charge on any atom is 1.00 e. The van der Waals surface area contributed by atoms with E-state index in [1.807, 2.05) is 27.7 Å². The van der Waals surface area contributed by atoms with Crippen LogP contribution in [0, 0.1) is 33.4 Å². The average molecular weight is 731 g/mol. The Morgan fingerprint density at radius 3 is 1.71 bits per heavy atom. The van der Waals surface area contributed by atoms with Crippen LogP contribution in [0.15, 0.2) is 71.2 Å². The van der Waals surface area contributed by atoms with E-state index < -0.39 is 46.1 Å². The Kier molecular flexibility index (Phi) is 14.2. The Labute approximate surface area is 313 Å². The number of rotatable bonds is 8. The minimum Gasteiger partial charge on any atom is -0.444 e. The number of carbonyl (C=O) groups excluding carboxylic acids is 2. The molecule has 4 heterocycles. The summed E-state index contributed by atoms with van der Waals surface area (Å²) in [6.07, 6.45) is -0.0891. The largest absolute Gasteiger partial charge is 1.00 e.